The van der Waals surface area contributed by atoms with Gasteiger partial charge in [0.1, 0.15) is 6.54 Å². The van der Waals surface area contributed by atoms with Crippen LogP contribution in [0.1, 0.15) is 50.3 Å². The van der Waals surface area contributed by atoms with Gasteiger partial charge in [0.25, 0.3) is 0 Å². The number of benzene rings is 2. The average molecular weight is 472 g/mol. The van der Waals surface area contributed by atoms with Crippen LogP contribution in [0.25, 0.3) is 0 Å². The summed E-state index contributed by atoms with van der Waals surface area (Å²) in [7, 11) is -3.63. The van der Waals surface area contributed by atoms with Crippen molar-refractivity contribution in [3.8, 4) is 0 Å². The minimum Gasteiger partial charge on any atom is -0.350 e. The number of hydrogen-bond donors (Lipinski definition) is 1. The summed E-state index contributed by atoms with van der Waals surface area (Å²) in [6.45, 7) is 7.58. The second kappa shape index (κ2) is 9.95. The molecule has 178 valence electrons. The molecule has 33 heavy (non-hydrogen) atoms. The number of rotatable bonds is 8. The molecule has 0 unspecified atom stereocenters. The first-order valence-electron chi connectivity index (χ1n) is 11.1. The third kappa shape index (κ3) is 6.81. The molecule has 1 aliphatic heterocycles. The van der Waals surface area contributed by atoms with Crippen LogP contribution < -0.4 is 9.62 Å². The molecule has 0 aliphatic carbocycles. The highest BCUT2D eigenvalue weighted by Crippen LogP contribution is 2.26. The molecule has 2 aromatic rings. The van der Waals surface area contributed by atoms with E-state index in [0.717, 1.165) is 40.2 Å². The highest BCUT2D eigenvalue weighted by atomic mass is 32.2. The average Bonchev–Trinajstić information content (AvgIpc) is 3.14. The fourth-order valence-corrected chi connectivity index (χ4v) is 4.70. The molecule has 1 N–H and O–H groups in total. The van der Waals surface area contributed by atoms with Gasteiger partial charge in [0.15, 0.2) is 0 Å². The Kier molecular flexibility index (Phi) is 7.47. The maximum atomic E-state index is 12.6. The number of carbonyl (C=O) groups is 2. The van der Waals surface area contributed by atoms with Crippen LogP contribution in [0.4, 0.5) is 5.69 Å². The van der Waals surface area contributed by atoms with Gasteiger partial charge in [-0.1, -0.05) is 57.2 Å². The number of sulfonamides is 1. The predicted octanol–water partition coefficient (Wildman–Crippen LogP) is 3.19. The quantitative estimate of drug-likeness (QED) is 0.641. The van der Waals surface area contributed by atoms with E-state index in [9.17, 15) is 18.0 Å². The molecule has 0 aromatic heterocycles. The first-order chi connectivity index (χ1) is 15.4. The van der Waals surface area contributed by atoms with E-state index in [1.54, 1.807) is 12.1 Å². The number of likely N-dealkylation sites (tertiary alicyclic amines) is 1. The van der Waals surface area contributed by atoms with E-state index in [2.05, 4.69) is 26.1 Å². The van der Waals surface area contributed by atoms with Crippen LogP contribution in [-0.4, -0.2) is 44.5 Å². The van der Waals surface area contributed by atoms with Gasteiger partial charge in [0.2, 0.25) is 21.8 Å². The van der Waals surface area contributed by atoms with E-state index in [0.29, 0.717) is 18.7 Å². The summed E-state index contributed by atoms with van der Waals surface area (Å²) in [6.07, 6.45) is 2.59. The van der Waals surface area contributed by atoms with Crippen LogP contribution in [0.3, 0.4) is 0 Å². The molecule has 0 spiro atoms. The standard InChI is InChI=1S/C25H33N3O4S/c1-25(2,3)21-10-12-22(13-11-21)28(33(4,31)32)18-23(29)26-16-19-7-5-8-20(15-19)17-27-14-6-9-24(27)30/h5,7-8,10-13,15H,6,9,14,16-18H2,1-4H3,(H,26,29). The lowest BCUT2D eigenvalue weighted by molar-refractivity contribution is -0.128. The molecule has 1 heterocycles. The minimum atomic E-state index is -3.63. The Morgan fingerprint density at radius 3 is 2.33 bits per heavy atom. The van der Waals surface area contributed by atoms with E-state index < -0.39 is 10.0 Å². The van der Waals surface area contributed by atoms with E-state index in [-0.39, 0.29) is 30.3 Å². The molecule has 7 nitrogen and oxygen atoms in total. The Morgan fingerprint density at radius 2 is 1.76 bits per heavy atom. The number of nitrogens with one attached hydrogen (secondary N) is 1. The van der Waals surface area contributed by atoms with Crippen molar-refractivity contribution in [3.05, 3.63) is 65.2 Å². The molecule has 0 atom stereocenters. The number of amides is 2. The molecular weight excluding hydrogens is 438 g/mol. The normalized spacial score (nSPS) is 14.4. The third-order valence-electron chi connectivity index (χ3n) is 5.73. The lowest BCUT2D eigenvalue weighted by Crippen LogP contribution is -2.40. The van der Waals surface area contributed by atoms with Gasteiger partial charge in [0.05, 0.1) is 11.9 Å². The van der Waals surface area contributed by atoms with Crippen LogP contribution in [0.2, 0.25) is 0 Å². The van der Waals surface area contributed by atoms with Crippen molar-refractivity contribution < 1.29 is 18.0 Å². The number of nitrogens with zero attached hydrogens (tertiary/aromatic N) is 2. The number of carbonyl (C=O) groups excluding carboxylic acids is 2. The fraction of sp³-hybridized carbons (Fsp3) is 0.440. The van der Waals surface area contributed by atoms with Gasteiger partial charge in [-0.2, -0.15) is 0 Å². The lowest BCUT2D eigenvalue weighted by atomic mass is 9.87. The van der Waals surface area contributed by atoms with Crippen LogP contribution in [-0.2, 0) is 38.1 Å². The number of hydrogen-bond acceptors (Lipinski definition) is 4. The van der Waals surface area contributed by atoms with Crippen molar-refractivity contribution in [1.82, 2.24) is 10.2 Å². The molecule has 8 heteroatoms. The van der Waals surface area contributed by atoms with Crippen molar-refractivity contribution in [2.75, 3.05) is 23.7 Å². The minimum absolute atomic E-state index is 0.0531. The monoisotopic (exact) mass is 471 g/mol. The maximum Gasteiger partial charge on any atom is 0.241 e. The van der Waals surface area contributed by atoms with Gasteiger partial charge in [-0.15, -0.1) is 0 Å². The Morgan fingerprint density at radius 1 is 1.09 bits per heavy atom. The molecule has 1 aliphatic rings. The second-order valence-electron chi connectivity index (χ2n) is 9.58. The molecule has 0 bridgehead atoms. The van der Waals surface area contributed by atoms with Gasteiger partial charge in [-0.25, -0.2) is 8.42 Å². The van der Waals surface area contributed by atoms with Crippen molar-refractivity contribution in [1.29, 1.82) is 0 Å². The first-order valence-corrected chi connectivity index (χ1v) is 13.0. The van der Waals surface area contributed by atoms with Crippen molar-refractivity contribution in [2.45, 2.75) is 52.1 Å². The van der Waals surface area contributed by atoms with Crippen LogP contribution in [0.5, 0.6) is 0 Å². The van der Waals surface area contributed by atoms with Gasteiger partial charge >= 0.3 is 0 Å². The van der Waals surface area contributed by atoms with Gasteiger partial charge in [0, 0.05) is 26.1 Å². The topological polar surface area (TPSA) is 86.8 Å². The smallest absolute Gasteiger partial charge is 0.241 e. The number of anilines is 1. The summed E-state index contributed by atoms with van der Waals surface area (Å²) < 4.78 is 25.9. The summed E-state index contributed by atoms with van der Waals surface area (Å²) in [4.78, 5) is 26.3. The second-order valence-corrected chi connectivity index (χ2v) is 11.5. The molecule has 3 rings (SSSR count). The summed E-state index contributed by atoms with van der Waals surface area (Å²) in [5, 5.41) is 2.81. The summed E-state index contributed by atoms with van der Waals surface area (Å²) >= 11 is 0. The molecule has 0 saturated carbocycles. The Labute approximate surface area is 196 Å². The zero-order chi connectivity index (χ0) is 24.2. The van der Waals surface area contributed by atoms with Crippen LogP contribution in [0.15, 0.2) is 48.5 Å². The largest absolute Gasteiger partial charge is 0.350 e. The third-order valence-corrected chi connectivity index (χ3v) is 6.88. The molecule has 1 saturated heterocycles. The van der Waals surface area contributed by atoms with Crippen LogP contribution >= 0.6 is 0 Å². The summed E-state index contributed by atoms with van der Waals surface area (Å²) in [6, 6.07) is 15.0. The van der Waals surface area contributed by atoms with Gasteiger partial charge in [-0.05, 0) is 40.7 Å². The molecule has 0 radical (unpaired) electrons. The predicted molar refractivity (Wildman–Crippen MR) is 130 cm³/mol. The van der Waals surface area contributed by atoms with Gasteiger partial charge < -0.3 is 10.2 Å². The zero-order valence-electron chi connectivity index (χ0n) is 19.8. The lowest BCUT2D eigenvalue weighted by Gasteiger charge is -2.24. The Balaban J connectivity index is 1.63. The Bertz CT molecular complexity index is 1110. The van der Waals surface area contributed by atoms with Crippen molar-refractivity contribution >= 4 is 27.5 Å². The van der Waals surface area contributed by atoms with Crippen molar-refractivity contribution in [3.63, 3.8) is 0 Å². The van der Waals surface area contributed by atoms with Crippen molar-refractivity contribution in [2.24, 2.45) is 0 Å². The first kappa shape index (κ1) is 24.8. The SMILES string of the molecule is CC(C)(C)c1ccc(N(CC(=O)NCc2cccc(CN3CCCC3=O)c2)S(C)(=O)=O)cc1. The highest BCUT2D eigenvalue weighted by molar-refractivity contribution is 7.92. The molecule has 2 amide bonds. The van der Waals surface area contributed by atoms with E-state index in [4.69, 9.17) is 0 Å². The molecule has 2 aromatic carbocycles. The highest BCUT2D eigenvalue weighted by Gasteiger charge is 2.22. The van der Waals surface area contributed by atoms with E-state index >= 15 is 0 Å². The van der Waals surface area contributed by atoms with E-state index in [1.165, 1.54) is 0 Å². The van der Waals surface area contributed by atoms with Gasteiger partial charge in [-0.3, -0.25) is 13.9 Å². The molecule has 1 fully saturated rings. The summed E-state index contributed by atoms with van der Waals surface area (Å²) in [5.41, 5.74) is 3.39. The zero-order valence-corrected chi connectivity index (χ0v) is 20.6. The Hall–Kier alpha value is -2.87. The maximum absolute atomic E-state index is 12.6. The van der Waals surface area contributed by atoms with E-state index in [1.807, 2.05) is 41.3 Å². The summed E-state index contributed by atoms with van der Waals surface area (Å²) in [5.74, 6) is -0.217. The molecular formula is C25H33N3O4S. The van der Waals surface area contributed by atoms with Crippen LogP contribution in [0, 0.1) is 0 Å². The fourth-order valence-electron chi connectivity index (χ4n) is 3.84.